The van der Waals surface area contributed by atoms with Gasteiger partial charge in [0.2, 0.25) is 5.91 Å². The summed E-state index contributed by atoms with van der Waals surface area (Å²) >= 11 is 0. The molecule has 2 amide bonds. The van der Waals surface area contributed by atoms with Gasteiger partial charge in [0.15, 0.2) is 5.43 Å². The van der Waals surface area contributed by atoms with Crippen LogP contribution in [0.2, 0.25) is 0 Å². The van der Waals surface area contributed by atoms with Crippen molar-refractivity contribution < 1.29 is 33.8 Å². The Hall–Kier alpha value is -4.70. The molecule has 0 aromatic heterocycles. The molecular weight excluding hydrogens is 552 g/mol. The lowest BCUT2D eigenvalue weighted by molar-refractivity contribution is -0.128. The zero-order chi connectivity index (χ0) is 30.3. The molecule has 10 nitrogen and oxygen atoms in total. The van der Waals surface area contributed by atoms with Crippen molar-refractivity contribution in [3.05, 3.63) is 75.9 Å². The molecule has 0 saturated heterocycles. The highest BCUT2D eigenvalue weighted by atomic mass is 16.5. The van der Waals surface area contributed by atoms with E-state index < -0.39 is 11.9 Å². The standard InChI is InChI=1S/C33H34N2O8/c36-21-9-12-25-28(17-21)43-29-18-22(37)10-13-26(29)31(25)24-11-8-20(16-27(24)33(40)41)32(39)35-15-14-34-30(38)19-42-23-6-4-2-1-3-5-7-23/h8-13,16-18,23,36H,1-7,14-15,19H2,(H,34,38)(H,35,39)(H,40,41). The molecule has 1 saturated carbocycles. The average Bonchev–Trinajstić information content (AvgIpc) is 2.97. The van der Waals surface area contributed by atoms with Crippen LogP contribution in [0, 0.1) is 0 Å². The number of nitrogens with one attached hydrogen (secondary N) is 2. The van der Waals surface area contributed by atoms with Crippen molar-refractivity contribution in [3.63, 3.8) is 0 Å². The van der Waals surface area contributed by atoms with Crippen molar-refractivity contribution in [1.29, 1.82) is 0 Å². The van der Waals surface area contributed by atoms with Gasteiger partial charge < -0.3 is 30.0 Å². The van der Waals surface area contributed by atoms with Crippen LogP contribution in [0.4, 0.5) is 0 Å². The van der Waals surface area contributed by atoms with E-state index in [1.807, 2.05) is 0 Å². The van der Waals surface area contributed by atoms with Gasteiger partial charge in [-0.3, -0.25) is 14.4 Å². The minimum atomic E-state index is -1.25. The summed E-state index contributed by atoms with van der Waals surface area (Å²) in [5, 5.41) is 26.1. The van der Waals surface area contributed by atoms with E-state index in [9.17, 15) is 29.4 Å². The number of ether oxygens (including phenoxy) is 1. The highest BCUT2D eigenvalue weighted by molar-refractivity contribution is 6.09. The second-order valence-electron chi connectivity index (χ2n) is 10.8. The van der Waals surface area contributed by atoms with E-state index >= 15 is 0 Å². The van der Waals surface area contributed by atoms with Crippen LogP contribution in [0.1, 0.15) is 65.7 Å². The van der Waals surface area contributed by atoms with Crippen LogP contribution < -0.4 is 16.1 Å². The molecule has 224 valence electrons. The molecule has 0 radical (unpaired) electrons. The van der Waals surface area contributed by atoms with E-state index in [1.54, 1.807) is 18.2 Å². The zero-order valence-electron chi connectivity index (χ0n) is 23.7. The first-order valence-corrected chi connectivity index (χ1v) is 14.5. The van der Waals surface area contributed by atoms with Crippen molar-refractivity contribution in [1.82, 2.24) is 10.6 Å². The van der Waals surface area contributed by atoms with Gasteiger partial charge in [0, 0.05) is 47.3 Å². The summed E-state index contributed by atoms with van der Waals surface area (Å²) in [6.45, 7) is 0.324. The largest absolute Gasteiger partial charge is 0.508 e. The molecule has 5 rings (SSSR count). The number of carboxylic acid groups (broad SMARTS) is 1. The van der Waals surface area contributed by atoms with E-state index in [4.69, 9.17) is 9.15 Å². The summed E-state index contributed by atoms with van der Waals surface area (Å²) < 4.78 is 11.6. The quantitative estimate of drug-likeness (QED) is 0.159. The molecule has 2 aromatic rings. The normalized spacial score (nSPS) is 14.2. The summed E-state index contributed by atoms with van der Waals surface area (Å²) in [5.41, 5.74) is 1.30. The number of aromatic hydroxyl groups is 1. The molecular formula is C33H34N2O8. The fourth-order valence-electron chi connectivity index (χ4n) is 5.54. The van der Waals surface area contributed by atoms with Gasteiger partial charge in [-0.05, 0) is 54.8 Å². The first-order valence-electron chi connectivity index (χ1n) is 14.5. The number of benzene rings is 3. The van der Waals surface area contributed by atoms with Crippen LogP contribution in [-0.2, 0) is 9.53 Å². The number of hydrogen-bond acceptors (Lipinski definition) is 7. The third kappa shape index (κ3) is 7.21. The summed E-state index contributed by atoms with van der Waals surface area (Å²) in [6, 6.07) is 13.0. The molecule has 4 N–H and O–H groups in total. The molecule has 2 aromatic carbocycles. The number of carbonyl (C=O) groups is 3. The highest BCUT2D eigenvalue weighted by Crippen LogP contribution is 2.42. The molecule has 2 aliphatic carbocycles. The molecule has 0 bridgehead atoms. The third-order valence-electron chi connectivity index (χ3n) is 7.69. The molecule has 1 aliphatic heterocycles. The van der Waals surface area contributed by atoms with Crippen molar-refractivity contribution >= 4 is 28.8 Å². The Morgan fingerprint density at radius 3 is 2.35 bits per heavy atom. The summed E-state index contributed by atoms with van der Waals surface area (Å²) in [5.74, 6) is -1.81. The predicted molar refractivity (Wildman–Crippen MR) is 161 cm³/mol. The van der Waals surface area contributed by atoms with Gasteiger partial charge in [-0.2, -0.15) is 0 Å². The first-order chi connectivity index (χ1) is 20.8. The van der Waals surface area contributed by atoms with Crippen molar-refractivity contribution in [3.8, 4) is 28.2 Å². The Labute approximate surface area is 248 Å². The number of phenolic OH excluding ortho intramolecular Hbond substituents is 1. The number of phenols is 1. The van der Waals surface area contributed by atoms with Crippen LogP contribution in [0.5, 0.6) is 5.75 Å². The van der Waals surface area contributed by atoms with Crippen LogP contribution in [0.25, 0.3) is 33.4 Å². The van der Waals surface area contributed by atoms with Crippen LogP contribution in [-0.4, -0.2) is 53.8 Å². The minimum absolute atomic E-state index is 0.0199. The number of carboxylic acids is 1. The van der Waals surface area contributed by atoms with Gasteiger partial charge in [0.1, 0.15) is 23.7 Å². The lowest BCUT2D eigenvalue weighted by atomic mass is 9.90. The van der Waals surface area contributed by atoms with E-state index in [1.165, 1.54) is 55.7 Å². The Balaban J connectivity index is 1.28. The SMILES string of the molecule is O=C(COC1CCCCCCC1)NCCNC(=O)c1ccc(-c2c3ccc(=O)cc-3oc3cc(O)ccc23)c(C(=O)O)c1. The van der Waals surface area contributed by atoms with Crippen molar-refractivity contribution in [2.24, 2.45) is 0 Å². The lowest BCUT2D eigenvalue weighted by Crippen LogP contribution is -2.37. The number of rotatable bonds is 9. The molecule has 0 atom stereocenters. The van der Waals surface area contributed by atoms with Gasteiger partial charge in [-0.15, -0.1) is 0 Å². The minimum Gasteiger partial charge on any atom is -0.508 e. The Morgan fingerprint density at radius 1 is 0.860 bits per heavy atom. The van der Waals surface area contributed by atoms with Gasteiger partial charge in [0.05, 0.1) is 11.7 Å². The van der Waals surface area contributed by atoms with Gasteiger partial charge in [-0.25, -0.2) is 4.79 Å². The summed E-state index contributed by atoms with van der Waals surface area (Å²) in [6.07, 6.45) is 7.94. The van der Waals surface area contributed by atoms with Crippen molar-refractivity contribution in [2.75, 3.05) is 19.7 Å². The fraction of sp³-hybridized carbons (Fsp3) is 0.333. The Morgan fingerprint density at radius 2 is 1.58 bits per heavy atom. The van der Waals surface area contributed by atoms with Crippen molar-refractivity contribution in [2.45, 2.75) is 51.0 Å². The summed E-state index contributed by atoms with van der Waals surface area (Å²) in [4.78, 5) is 49.5. The molecule has 1 heterocycles. The van der Waals surface area contributed by atoms with E-state index in [2.05, 4.69) is 10.6 Å². The second kappa shape index (κ2) is 13.5. The van der Waals surface area contributed by atoms with Crippen LogP contribution in [0.3, 0.4) is 0 Å². The molecule has 0 spiro atoms. The van der Waals surface area contributed by atoms with E-state index in [0.717, 1.165) is 25.7 Å². The van der Waals surface area contributed by atoms with Crippen LogP contribution in [0.15, 0.2) is 63.8 Å². The lowest BCUT2D eigenvalue weighted by Gasteiger charge is -2.20. The maximum absolute atomic E-state index is 12.9. The van der Waals surface area contributed by atoms with E-state index in [0.29, 0.717) is 22.1 Å². The molecule has 1 fully saturated rings. The molecule has 10 heteroatoms. The third-order valence-corrected chi connectivity index (χ3v) is 7.69. The number of amides is 2. The molecule has 43 heavy (non-hydrogen) atoms. The second-order valence-corrected chi connectivity index (χ2v) is 10.8. The fourth-order valence-corrected chi connectivity index (χ4v) is 5.54. The number of aromatic carboxylic acids is 1. The van der Waals surface area contributed by atoms with Gasteiger partial charge >= 0.3 is 5.97 Å². The monoisotopic (exact) mass is 586 g/mol. The molecule has 0 unspecified atom stereocenters. The Kier molecular flexibility index (Phi) is 9.36. The highest BCUT2D eigenvalue weighted by Gasteiger charge is 2.23. The number of carbonyl (C=O) groups excluding carboxylic acids is 2. The summed E-state index contributed by atoms with van der Waals surface area (Å²) in [7, 11) is 0. The van der Waals surface area contributed by atoms with Gasteiger partial charge in [-0.1, -0.05) is 38.2 Å². The first kappa shape index (κ1) is 29.8. The van der Waals surface area contributed by atoms with Crippen LogP contribution >= 0.6 is 0 Å². The number of fused-ring (bicyclic) bond motifs is 2. The zero-order valence-corrected chi connectivity index (χ0v) is 23.7. The maximum atomic E-state index is 12.9. The topological polar surface area (TPSA) is 155 Å². The average molecular weight is 587 g/mol. The number of hydrogen-bond donors (Lipinski definition) is 4. The Bertz CT molecular complexity index is 1670. The van der Waals surface area contributed by atoms with Gasteiger partial charge in [0.25, 0.3) is 5.91 Å². The van der Waals surface area contributed by atoms with E-state index in [-0.39, 0.29) is 65.4 Å². The molecule has 3 aliphatic rings. The smallest absolute Gasteiger partial charge is 0.336 e. The maximum Gasteiger partial charge on any atom is 0.336 e. The predicted octanol–water partition coefficient (Wildman–Crippen LogP) is 4.94.